The number of nitrogens with zero attached hydrogens (tertiary/aromatic N) is 2. The first-order chi connectivity index (χ1) is 10.5. The van der Waals surface area contributed by atoms with E-state index in [9.17, 15) is 14.4 Å². The maximum atomic E-state index is 12.3. The first-order valence-corrected chi connectivity index (χ1v) is 8.20. The van der Waals surface area contributed by atoms with Gasteiger partial charge in [0.05, 0.1) is 0 Å². The van der Waals surface area contributed by atoms with Crippen molar-refractivity contribution in [3.8, 4) is 0 Å². The second kappa shape index (κ2) is 7.35. The number of hydrogen-bond acceptors (Lipinski definition) is 5. The molecule has 2 rings (SSSR count). The molecule has 0 bridgehead atoms. The number of thiazole rings is 1. The number of likely N-dealkylation sites (tertiary alicyclic amines) is 1. The number of carboxylic acids is 1. The quantitative estimate of drug-likeness (QED) is 0.833. The Bertz CT molecular complexity index is 572. The Labute approximate surface area is 132 Å². The van der Waals surface area contributed by atoms with Gasteiger partial charge in [-0.3, -0.25) is 9.59 Å². The van der Waals surface area contributed by atoms with Crippen LogP contribution < -0.4 is 5.32 Å². The van der Waals surface area contributed by atoms with Crippen LogP contribution in [-0.2, 0) is 9.59 Å². The van der Waals surface area contributed by atoms with Gasteiger partial charge in [0.1, 0.15) is 11.7 Å². The molecule has 1 saturated heterocycles. The fourth-order valence-electron chi connectivity index (χ4n) is 2.36. The molecule has 0 aromatic carbocycles. The Morgan fingerprint density at radius 3 is 2.95 bits per heavy atom. The van der Waals surface area contributed by atoms with E-state index >= 15 is 0 Å². The second-order valence-corrected chi connectivity index (χ2v) is 6.04. The van der Waals surface area contributed by atoms with E-state index in [1.807, 2.05) is 6.92 Å². The SMILES string of the molecule is CCCCC(=O)Nc1nc(C(=O)N2CCCC2C(=O)O)cs1. The molecule has 2 amide bonds. The van der Waals surface area contributed by atoms with Crippen molar-refractivity contribution in [2.45, 2.75) is 45.1 Å². The zero-order chi connectivity index (χ0) is 16.1. The van der Waals surface area contributed by atoms with Crippen molar-refractivity contribution in [1.29, 1.82) is 0 Å². The van der Waals surface area contributed by atoms with Crippen molar-refractivity contribution in [3.05, 3.63) is 11.1 Å². The van der Waals surface area contributed by atoms with Crippen LogP contribution in [0, 0.1) is 0 Å². The molecule has 1 aliphatic heterocycles. The van der Waals surface area contributed by atoms with Gasteiger partial charge in [-0.25, -0.2) is 9.78 Å². The van der Waals surface area contributed by atoms with Gasteiger partial charge in [0, 0.05) is 18.3 Å². The number of amides is 2. The third-order valence-corrected chi connectivity index (χ3v) is 4.28. The van der Waals surface area contributed by atoms with Crippen molar-refractivity contribution in [2.75, 3.05) is 11.9 Å². The van der Waals surface area contributed by atoms with Gasteiger partial charge in [-0.1, -0.05) is 13.3 Å². The van der Waals surface area contributed by atoms with Gasteiger partial charge in [0.25, 0.3) is 5.91 Å². The third kappa shape index (κ3) is 3.82. The first-order valence-electron chi connectivity index (χ1n) is 7.32. The Kier molecular flexibility index (Phi) is 5.48. The maximum absolute atomic E-state index is 12.3. The lowest BCUT2D eigenvalue weighted by molar-refractivity contribution is -0.141. The molecule has 1 aromatic rings. The fraction of sp³-hybridized carbons (Fsp3) is 0.571. The maximum Gasteiger partial charge on any atom is 0.326 e. The summed E-state index contributed by atoms with van der Waals surface area (Å²) in [7, 11) is 0. The minimum absolute atomic E-state index is 0.125. The molecule has 1 unspecified atom stereocenters. The lowest BCUT2D eigenvalue weighted by Crippen LogP contribution is -2.40. The highest BCUT2D eigenvalue weighted by Gasteiger charge is 2.35. The van der Waals surface area contributed by atoms with Crippen LogP contribution in [0.25, 0.3) is 0 Å². The topological polar surface area (TPSA) is 99.6 Å². The highest BCUT2D eigenvalue weighted by atomic mass is 32.1. The fourth-order valence-corrected chi connectivity index (χ4v) is 3.06. The predicted molar refractivity (Wildman–Crippen MR) is 82.0 cm³/mol. The minimum atomic E-state index is -0.992. The Morgan fingerprint density at radius 2 is 2.27 bits per heavy atom. The summed E-state index contributed by atoms with van der Waals surface area (Å²) in [4.78, 5) is 40.5. The first kappa shape index (κ1) is 16.4. The summed E-state index contributed by atoms with van der Waals surface area (Å²) in [5.41, 5.74) is 0.184. The summed E-state index contributed by atoms with van der Waals surface area (Å²) < 4.78 is 0. The Balaban J connectivity index is 2.00. The number of hydrogen-bond donors (Lipinski definition) is 2. The number of carboxylic acid groups (broad SMARTS) is 1. The molecule has 0 saturated carbocycles. The van der Waals surface area contributed by atoms with Crippen LogP contribution in [0.3, 0.4) is 0 Å². The molecule has 1 fully saturated rings. The van der Waals surface area contributed by atoms with Crippen molar-refractivity contribution in [2.24, 2.45) is 0 Å². The van der Waals surface area contributed by atoms with E-state index in [4.69, 9.17) is 5.11 Å². The smallest absolute Gasteiger partial charge is 0.326 e. The summed E-state index contributed by atoms with van der Waals surface area (Å²) in [6, 6.07) is -0.781. The molecule has 2 N–H and O–H groups in total. The zero-order valence-corrected chi connectivity index (χ0v) is 13.2. The van der Waals surface area contributed by atoms with Crippen molar-refractivity contribution in [1.82, 2.24) is 9.88 Å². The van der Waals surface area contributed by atoms with E-state index < -0.39 is 17.9 Å². The number of aliphatic carboxylic acids is 1. The van der Waals surface area contributed by atoms with Crippen LogP contribution in [0.15, 0.2) is 5.38 Å². The predicted octanol–water partition coefficient (Wildman–Crippen LogP) is 1.96. The standard InChI is InChI=1S/C14H19N3O4S/c1-2-3-6-11(18)16-14-15-9(8-22-14)12(19)17-7-4-5-10(17)13(20)21/h8,10H,2-7H2,1H3,(H,20,21)(H,15,16,18). The van der Waals surface area contributed by atoms with Crippen LogP contribution in [0.1, 0.15) is 49.5 Å². The van der Waals surface area contributed by atoms with E-state index in [0.29, 0.717) is 30.9 Å². The van der Waals surface area contributed by atoms with E-state index in [1.165, 1.54) is 16.2 Å². The molecule has 2 heterocycles. The van der Waals surface area contributed by atoms with Crippen LogP contribution >= 0.6 is 11.3 Å². The van der Waals surface area contributed by atoms with Crippen molar-refractivity contribution >= 4 is 34.3 Å². The summed E-state index contributed by atoms with van der Waals surface area (Å²) >= 11 is 1.17. The van der Waals surface area contributed by atoms with Gasteiger partial charge in [-0.2, -0.15) is 0 Å². The van der Waals surface area contributed by atoms with E-state index in [1.54, 1.807) is 5.38 Å². The normalized spacial score (nSPS) is 17.5. The van der Waals surface area contributed by atoms with Crippen LogP contribution in [0.5, 0.6) is 0 Å². The summed E-state index contributed by atoms with van der Waals surface area (Å²) in [6.07, 6.45) is 3.30. The average molecular weight is 325 g/mol. The largest absolute Gasteiger partial charge is 0.480 e. The molecule has 8 heteroatoms. The number of carbonyl (C=O) groups is 3. The van der Waals surface area contributed by atoms with E-state index in [-0.39, 0.29) is 11.6 Å². The van der Waals surface area contributed by atoms with Crippen LogP contribution in [0.2, 0.25) is 0 Å². The highest BCUT2D eigenvalue weighted by molar-refractivity contribution is 7.14. The Hall–Kier alpha value is -1.96. The monoisotopic (exact) mass is 325 g/mol. The van der Waals surface area contributed by atoms with Gasteiger partial charge in [0.2, 0.25) is 5.91 Å². The molecule has 7 nitrogen and oxygen atoms in total. The summed E-state index contributed by atoms with van der Waals surface area (Å²) in [5.74, 6) is -1.51. The molecule has 0 spiro atoms. The molecule has 0 aliphatic carbocycles. The van der Waals surface area contributed by atoms with Gasteiger partial charge >= 0.3 is 5.97 Å². The number of carbonyl (C=O) groups excluding carboxylic acids is 2. The number of aromatic nitrogens is 1. The highest BCUT2D eigenvalue weighted by Crippen LogP contribution is 2.23. The average Bonchev–Trinajstić information content (AvgIpc) is 3.13. The van der Waals surface area contributed by atoms with Gasteiger partial charge in [-0.15, -0.1) is 11.3 Å². The van der Waals surface area contributed by atoms with Gasteiger partial charge < -0.3 is 15.3 Å². The number of rotatable bonds is 6. The van der Waals surface area contributed by atoms with Crippen LogP contribution in [0.4, 0.5) is 5.13 Å². The van der Waals surface area contributed by atoms with Gasteiger partial charge in [0.15, 0.2) is 5.13 Å². The molecule has 1 atom stereocenters. The van der Waals surface area contributed by atoms with E-state index in [2.05, 4.69) is 10.3 Å². The van der Waals surface area contributed by atoms with Crippen molar-refractivity contribution < 1.29 is 19.5 Å². The molecular weight excluding hydrogens is 306 g/mol. The van der Waals surface area contributed by atoms with E-state index in [0.717, 1.165) is 12.8 Å². The molecule has 1 aliphatic rings. The summed E-state index contributed by atoms with van der Waals surface area (Å²) in [6.45, 7) is 2.42. The minimum Gasteiger partial charge on any atom is -0.480 e. The van der Waals surface area contributed by atoms with Gasteiger partial charge in [-0.05, 0) is 19.3 Å². The number of anilines is 1. The van der Waals surface area contributed by atoms with Crippen molar-refractivity contribution in [3.63, 3.8) is 0 Å². The Morgan fingerprint density at radius 1 is 1.50 bits per heavy atom. The third-order valence-electron chi connectivity index (χ3n) is 3.53. The summed E-state index contributed by atoms with van der Waals surface area (Å²) in [5, 5.41) is 13.7. The zero-order valence-electron chi connectivity index (χ0n) is 12.4. The molecule has 1 aromatic heterocycles. The molecule has 22 heavy (non-hydrogen) atoms. The molecule has 120 valence electrons. The van der Waals surface area contributed by atoms with Crippen LogP contribution in [-0.4, -0.2) is 45.4 Å². The molecule has 0 radical (unpaired) electrons. The molecular formula is C14H19N3O4S. The lowest BCUT2D eigenvalue weighted by atomic mass is 10.2. The second-order valence-electron chi connectivity index (χ2n) is 5.18. The number of nitrogens with one attached hydrogen (secondary N) is 1. The lowest BCUT2D eigenvalue weighted by Gasteiger charge is -2.20. The number of unbranched alkanes of at least 4 members (excludes halogenated alkanes) is 1.